The molecule has 4 aromatic rings. The van der Waals surface area contributed by atoms with Crippen LogP contribution in [0.4, 0.5) is 4.39 Å². The molecule has 4 heterocycles. The number of aromatic nitrogens is 4. The highest BCUT2D eigenvalue weighted by molar-refractivity contribution is 7.14. The van der Waals surface area contributed by atoms with Crippen molar-refractivity contribution in [3.8, 4) is 33.5 Å². The molecule has 1 aliphatic carbocycles. The van der Waals surface area contributed by atoms with E-state index >= 15 is 4.39 Å². The second-order valence-electron chi connectivity index (χ2n) is 12.4. The molecule has 2 atom stereocenters. The largest absolute Gasteiger partial charge is 0.457 e. The SMILES string of the molecule is CC(C)c1nnc(-c2ccc(Oc3cc(-c4nc([C@H]5CC(=O)N(C6CC6)C5)no4)c(F)cc3CN3C[C@@H](C)CC3=O)cc2)s1. The van der Waals surface area contributed by atoms with Crippen LogP contribution in [0.15, 0.2) is 40.9 Å². The lowest BCUT2D eigenvalue weighted by atomic mass is 10.1. The van der Waals surface area contributed by atoms with E-state index in [4.69, 9.17) is 9.26 Å². The molecule has 0 unspecified atom stereocenters. The first-order valence-corrected chi connectivity index (χ1v) is 15.9. The van der Waals surface area contributed by atoms with Crippen molar-refractivity contribution in [2.75, 3.05) is 13.1 Å². The molecule has 3 aliphatic rings. The van der Waals surface area contributed by atoms with Crippen LogP contribution in [0, 0.1) is 11.7 Å². The van der Waals surface area contributed by atoms with Crippen molar-refractivity contribution in [3.63, 3.8) is 0 Å². The molecular weight excluding hydrogens is 583 g/mol. The normalized spacial score (nSPS) is 20.4. The van der Waals surface area contributed by atoms with Crippen molar-refractivity contribution in [1.82, 2.24) is 30.1 Å². The van der Waals surface area contributed by atoms with Gasteiger partial charge in [-0.2, -0.15) is 4.98 Å². The zero-order chi connectivity index (χ0) is 30.5. The number of amides is 2. The maximum absolute atomic E-state index is 15.7. The van der Waals surface area contributed by atoms with Gasteiger partial charge < -0.3 is 19.1 Å². The lowest BCUT2D eigenvalue weighted by Gasteiger charge is -2.19. The van der Waals surface area contributed by atoms with Crippen LogP contribution >= 0.6 is 11.3 Å². The molecule has 2 aromatic heterocycles. The van der Waals surface area contributed by atoms with Gasteiger partial charge in [-0.25, -0.2) is 4.39 Å². The van der Waals surface area contributed by atoms with Crippen molar-refractivity contribution in [3.05, 3.63) is 58.6 Å². The van der Waals surface area contributed by atoms with Gasteiger partial charge >= 0.3 is 0 Å². The third-order valence-corrected chi connectivity index (χ3v) is 9.64. The summed E-state index contributed by atoms with van der Waals surface area (Å²) in [4.78, 5) is 33.2. The highest BCUT2D eigenvalue weighted by Crippen LogP contribution is 2.38. The Morgan fingerprint density at radius 2 is 1.86 bits per heavy atom. The number of carbonyl (C=O) groups excluding carboxylic acids is 2. The first-order chi connectivity index (χ1) is 21.2. The average molecular weight is 617 g/mol. The third kappa shape index (κ3) is 5.70. The van der Waals surface area contributed by atoms with E-state index in [0.717, 1.165) is 28.4 Å². The zero-order valence-corrected chi connectivity index (χ0v) is 25.6. The van der Waals surface area contributed by atoms with Crippen LogP contribution < -0.4 is 4.74 Å². The van der Waals surface area contributed by atoms with E-state index in [-0.39, 0.29) is 41.6 Å². The van der Waals surface area contributed by atoms with Gasteiger partial charge in [0.25, 0.3) is 5.89 Å². The van der Waals surface area contributed by atoms with Crippen LogP contribution in [0.1, 0.15) is 74.7 Å². The fourth-order valence-corrected chi connectivity index (χ4v) is 6.69. The van der Waals surface area contributed by atoms with E-state index in [9.17, 15) is 9.59 Å². The summed E-state index contributed by atoms with van der Waals surface area (Å²) < 4.78 is 27.5. The second kappa shape index (κ2) is 11.4. The highest BCUT2D eigenvalue weighted by Gasteiger charge is 2.41. The van der Waals surface area contributed by atoms with Crippen molar-refractivity contribution >= 4 is 23.2 Å². The number of benzene rings is 2. The maximum atomic E-state index is 15.7. The molecule has 0 N–H and O–H groups in total. The van der Waals surface area contributed by atoms with Gasteiger partial charge in [0.15, 0.2) is 5.82 Å². The van der Waals surface area contributed by atoms with Gasteiger partial charge in [-0.15, -0.1) is 10.2 Å². The highest BCUT2D eigenvalue weighted by atomic mass is 32.1. The molecule has 2 saturated heterocycles. The topological polar surface area (TPSA) is 115 Å². The van der Waals surface area contributed by atoms with E-state index < -0.39 is 5.82 Å². The molecule has 0 bridgehead atoms. The summed E-state index contributed by atoms with van der Waals surface area (Å²) in [6.07, 6.45) is 2.85. The van der Waals surface area contributed by atoms with Crippen molar-refractivity contribution in [2.24, 2.45) is 5.92 Å². The molecule has 12 heteroatoms. The van der Waals surface area contributed by atoms with E-state index in [1.807, 2.05) is 36.1 Å². The van der Waals surface area contributed by atoms with Gasteiger partial charge in [-0.1, -0.05) is 37.3 Å². The molecule has 228 valence electrons. The predicted molar refractivity (Wildman–Crippen MR) is 160 cm³/mol. The number of likely N-dealkylation sites (tertiary alicyclic amines) is 2. The number of hydrogen-bond donors (Lipinski definition) is 0. The molecule has 2 aromatic carbocycles. The minimum atomic E-state index is -0.558. The maximum Gasteiger partial charge on any atom is 0.261 e. The number of halogens is 1. The summed E-state index contributed by atoms with van der Waals surface area (Å²) in [5.41, 5.74) is 1.55. The molecule has 2 amide bonds. The summed E-state index contributed by atoms with van der Waals surface area (Å²) in [5, 5.41) is 14.5. The third-order valence-electron chi connectivity index (χ3n) is 8.37. The summed E-state index contributed by atoms with van der Waals surface area (Å²) >= 11 is 1.55. The smallest absolute Gasteiger partial charge is 0.261 e. The lowest BCUT2D eigenvalue weighted by Crippen LogP contribution is -2.27. The fourth-order valence-electron chi connectivity index (χ4n) is 5.84. The first kappa shape index (κ1) is 28.6. The molecule has 2 aliphatic heterocycles. The minimum Gasteiger partial charge on any atom is -0.457 e. The van der Waals surface area contributed by atoms with Crippen molar-refractivity contribution < 1.29 is 23.2 Å². The van der Waals surface area contributed by atoms with Crippen molar-refractivity contribution in [1.29, 1.82) is 0 Å². The first-order valence-electron chi connectivity index (χ1n) is 15.1. The average Bonchev–Trinajstić information content (AvgIpc) is 3.33. The van der Waals surface area contributed by atoms with Crippen LogP contribution in [-0.4, -0.2) is 61.1 Å². The van der Waals surface area contributed by atoms with E-state index in [1.54, 1.807) is 22.3 Å². The number of rotatable bonds is 9. The number of ether oxygens (including phenoxy) is 1. The van der Waals surface area contributed by atoms with Crippen LogP contribution in [0.5, 0.6) is 11.5 Å². The van der Waals surface area contributed by atoms with Gasteiger partial charge in [0.1, 0.15) is 27.3 Å². The zero-order valence-electron chi connectivity index (χ0n) is 24.8. The Kier molecular flexibility index (Phi) is 7.39. The summed E-state index contributed by atoms with van der Waals surface area (Å²) in [6, 6.07) is 10.7. The lowest BCUT2D eigenvalue weighted by molar-refractivity contribution is -0.129. The Hall–Kier alpha value is -4.19. The molecular formula is C32H33FN6O4S. The summed E-state index contributed by atoms with van der Waals surface area (Å²) in [6.45, 7) is 7.55. The van der Waals surface area contributed by atoms with E-state index in [2.05, 4.69) is 34.2 Å². The van der Waals surface area contributed by atoms with E-state index in [0.29, 0.717) is 60.8 Å². The fraction of sp³-hybridized carbons (Fsp3) is 0.438. The standard InChI is InChI=1S/C32H33FN6O4S/c1-17(2)31-35-36-32(44-31)19-4-8-23(9-5-19)42-26-13-24(25(33)11-20(26)15-38-14-18(3)10-27(38)40)30-34-29(37-43-30)21-12-28(41)39(16-21)22-6-7-22/h4-5,8-9,11,13,17-18,21-22H,6-7,10,12,14-16H2,1-3H3/t18-,21-/m0/s1. The Labute approximate surface area is 258 Å². The van der Waals surface area contributed by atoms with Gasteiger partial charge in [0.05, 0.1) is 5.56 Å². The Bertz CT molecular complexity index is 1720. The van der Waals surface area contributed by atoms with Gasteiger partial charge in [0, 0.05) is 61.5 Å². The Morgan fingerprint density at radius 3 is 2.55 bits per heavy atom. The van der Waals surface area contributed by atoms with Gasteiger partial charge in [0.2, 0.25) is 11.8 Å². The molecule has 10 nitrogen and oxygen atoms in total. The van der Waals surface area contributed by atoms with Gasteiger partial charge in [-0.05, 0) is 55.2 Å². The van der Waals surface area contributed by atoms with Gasteiger partial charge in [-0.3, -0.25) is 9.59 Å². The van der Waals surface area contributed by atoms with Crippen LogP contribution in [0.3, 0.4) is 0 Å². The monoisotopic (exact) mass is 616 g/mol. The van der Waals surface area contributed by atoms with Crippen molar-refractivity contribution in [2.45, 2.75) is 70.9 Å². The quantitative estimate of drug-likeness (QED) is 0.220. The number of nitrogens with zero attached hydrogens (tertiary/aromatic N) is 6. The van der Waals surface area contributed by atoms with Crippen LogP contribution in [0.25, 0.3) is 22.0 Å². The molecule has 1 saturated carbocycles. The number of hydrogen-bond acceptors (Lipinski definition) is 9. The molecule has 0 spiro atoms. The van der Waals surface area contributed by atoms with E-state index in [1.165, 1.54) is 6.07 Å². The summed E-state index contributed by atoms with van der Waals surface area (Å²) in [7, 11) is 0. The Balaban J connectivity index is 1.17. The molecule has 3 fully saturated rings. The van der Waals surface area contributed by atoms with Crippen LogP contribution in [-0.2, 0) is 16.1 Å². The minimum absolute atomic E-state index is 0.0182. The molecule has 44 heavy (non-hydrogen) atoms. The predicted octanol–water partition coefficient (Wildman–Crippen LogP) is 6.16. The molecule has 0 radical (unpaired) electrons. The second-order valence-corrected chi connectivity index (χ2v) is 13.4. The molecule has 7 rings (SSSR count). The Morgan fingerprint density at radius 1 is 1.07 bits per heavy atom. The van der Waals surface area contributed by atoms with Crippen LogP contribution in [0.2, 0.25) is 0 Å². The summed E-state index contributed by atoms with van der Waals surface area (Å²) in [5.74, 6) is 1.25. The number of carbonyl (C=O) groups is 2.